The smallest absolute Gasteiger partial charge is 0.161 e. The van der Waals surface area contributed by atoms with E-state index in [2.05, 4.69) is 10.0 Å². The summed E-state index contributed by atoms with van der Waals surface area (Å²) in [4.78, 5) is 2.75. The summed E-state index contributed by atoms with van der Waals surface area (Å²) >= 11 is 0. The maximum Gasteiger partial charge on any atom is 0.161 e. The van der Waals surface area contributed by atoms with Crippen LogP contribution in [0, 0.1) is 0 Å². The third-order valence-electron chi connectivity index (χ3n) is 3.06. The Balaban J connectivity index is 2.24. The number of nitrogens with zero attached hydrogens (tertiary/aromatic N) is 3. The highest BCUT2D eigenvalue weighted by Crippen LogP contribution is 2.34. The summed E-state index contributed by atoms with van der Waals surface area (Å²) in [6.45, 7) is 2.81. The number of rotatable bonds is 4. The van der Waals surface area contributed by atoms with Crippen LogP contribution in [0.2, 0.25) is 0 Å². The molecule has 0 spiro atoms. The number of aliphatic hydroxyl groups excluding tert-OH is 1. The molecule has 0 saturated heterocycles. The summed E-state index contributed by atoms with van der Waals surface area (Å²) in [7, 11) is 0. The van der Waals surface area contributed by atoms with E-state index in [1.54, 1.807) is 0 Å². The normalized spacial score (nSPS) is 16.6. The van der Waals surface area contributed by atoms with Crippen molar-refractivity contribution in [1.29, 1.82) is 0 Å². The average molecular weight is 249 g/mol. The molecule has 2 rings (SSSR count). The Morgan fingerprint density at radius 2 is 2.11 bits per heavy atom. The van der Waals surface area contributed by atoms with Crippen molar-refractivity contribution >= 4 is 0 Å². The number of azide groups is 1. The van der Waals surface area contributed by atoms with Gasteiger partial charge in [0.25, 0.3) is 0 Å². The molecule has 0 saturated carbocycles. The molecule has 0 amide bonds. The van der Waals surface area contributed by atoms with E-state index in [1.165, 1.54) is 0 Å². The number of aliphatic hydroxyl groups is 1. The number of hydrogen-bond donors (Lipinski definition) is 1. The van der Waals surface area contributed by atoms with Crippen molar-refractivity contribution in [3.05, 3.63) is 34.2 Å². The fraction of sp³-hybridized carbons (Fsp3) is 0.500. The van der Waals surface area contributed by atoms with Gasteiger partial charge in [-0.05, 0) is 29.1 Å². The van der Waals surface area contributed by atoms with E-state index in [9.17, 15) is 5.11 Å². The van der Waals surface area contributed by atoms with Gasteiger partial charge in [-0.1, -0.05) is 18.1 Å². The van der Waals surface area contributed by atoms with E-state index in [1.807, 2.05) is 25.1 Å². The third-order valence-corrected chi connectivity index (χ3v) is 3.06. The number of ether oxygens (including phenoxy) is 2. The quantitative estimate of drug-likeness (QED) is 0.504. The molecule has 6 heteroatoms. The molecule has 6 nitrogen and oxygen atoms in total. The van der Waals surface area contributed by atoms with Crippen LogP contribution in [-0.4, -0.2) is 31.0 Å². The standard InChI is InChI=1S/C12H15N3O3/c1-8(10(7-16)14-15-13)9-2-3-11-12(6-9)18-5-4-17-11/h2-3,6,8,10,16H,4-5,7H2,1H3/t8-,10-/m1/s1. The molecule has 96 valence electrons. The van der Waals surface area contributed by atoms with Gasteiger partial charge in [0.1, 0.15) is 13.2 Å². The van der Waals surface area contributed by atoms with Gasteiger partial charge in [-0.15, -0.1) is 0 Å². The lowest BCUT2D eigenvalue weighted by molar-refractivity contribution is 0.171. The van der Waals surface area contributed by atoms with Crippen molar-refractivity contribution in [3.63, 3.8) is 0 Å². The molecular weight excluding hydrogens is 234 g/mol. The molecule has 1 aliphatic heterocycles. The summed E-state index contributed by atoms with van der Waals surface area (Å²) in [5.41, 5.74) is 9.41. The monoisotopic (exact) mass is 249 g/mol. The van der Waals surface area contributed by atoms with E-state index < -0.39 is 6.04 Å². The van der Waals surface area contributed by atoms with Gasteiger partial charge in [0.05, 0.1) is 12.6 Å². The van der Waals surface area contributed by atoms with Crippen LogP contribution in [0.25, 0.3) is 10.4 Å². The molecule has 1 aromatic rings. The second kappa shape index (κ2) is 5.62. The van der Waals surface area contributed by atoms with Crippen molar-refractivity contribution in [3.8, 4) is 11.5 Å². The first-order valence-electron chi connectivity index (χ1n) is 5.81. The zero-order valence-corrected chi connectivity index (χ0v) is 10.1. The van der Waals surface area contributed by atoms with E-state index in [4.69, 9.17) is 15.0 Å². The van der Waals surface area contributed by atoms with Gasteiger partial charge in [0.15, 0.2) is 11.5 Å². The Hall–Kier alpha value is -1.91. The summed E-state index contributed by atoms with van der Waals surface area (Å²) in [6.07, 6.45) is 0. The van der Waals surface area contributed by atoms with Gasteiger partial charge < -0.3 is 14.6 Å². The maximum atomic E-state index is 9.21. The molecule has 0 fully saturated rings. The topological polar surface area (TPSA) is 87.5 Å². The largest absolute Gasteiger partial charge is 0.486 e. The zero-order chi connectivity index (χ0) is 13.0. The van der Waals surface area contributed by atoms with Crippen LogP contribution in [0.15, 0.2) is 23.3 Å². The molecule has 18 heavy (non-hydrogen) atoms. The van der Waals surface area contributed by atoms with Gasteiger partial charge in [-0.3, -0.25) is 0 Å². The van der Waals surface area contributed by atoms with E-state index >= 15 is 0 Å². The fourth-order valence-electron chi connectivity index (χ4n) is 1.93. The highest BCUT2D eigenvalue weighted by molar-refractivity contribution is 5.45. The maximum absolute atomic E-state index is 9.21. The molecule has 1 heterocycles. The second-order valence-electron chi connectivity index (χ2n) is 4.15. The van der Waals surface area contributed by atoms with Crippen molar-refractivity contribution in [2.24, 2.45) is 5.11 Å². The highest BCUT2D eigenvalue weighted by Gasteiger charge is 2.19. The van der Waals surface area contributed by atoms with Crippen LogP contribution in [0.1, 0.15) is 18.4 Å². The SMILES string of the molecule is C[C@H](c1ccc2c(c1)OCCO2)[C@@H](CO)N=[N+]=[N-]. The molecular formula is C12H15N3O3. The second-order valence-corrected chi connectivity index (χ2v) is 4.15. The Morgan fingerprint density at radius 3 is 2.78 bits per heavy atom. The van der Waals surface area contributed by atoms with Gasteiger partial charge >= 0.3 is 0 Å². The number of benzene rings is 1. The first-order valence-corrected chi connectivity index (χ1v) is 5.81. The van der Waals surface area contributed by atoms with Crippen LogP contribution in [0.3, 0.4) is 0 Å². The minimum Gasteiger partial charge on any atom is -0.486 e. The van der Waals surface area contributed by atoms with Gasteiger partial charge in [-0.25, -0.2) is 0 Å². The van der Waals surface area contributed by atoms with Crippen molar-refractivity contribution in [2.75, 3.05) is 19.8 Å². The van der Waals surface area contributed by atoms with Crippen LogP contribution in [0.4, 0.5) is 0 Å². The Kier molecular flexibility index (Phi) is 3.92. The summed E-state index contributed by atoms with van der Waals surface area (Å²) in [5.74, 6) is 1.34. The molecule has 1 aliphatic rings. The van der Waals surface area contributed by atoms with E-state index in [-0.39, 0.29) is 12.5 Å². The lowest BCUT2D eigenvalue weighted by Crippen LogP contribution is -2.19. The molecule has 0 aliphatic carbocycles. The molecule has 2 atom stereocenters. The molecule has 0 unspecified atom stereocenters. The number of hydrogen-bond acceptors (Lipinski definition) is 4. The minimum atomic E-state index is -0.474. The predicted octanol–water partition coefficient (Wildman–Crippen LogP) is 2.23. The highest BCUT2D eigenvalue weighted by atomic mass is 16.6. The summed E-state index contributed by atoms with van der Waals surface area (Å²) < 4.78 is 10.9. The third kappa shape index (κ3) is 2.50. The Morgan fingerprint density at radius 1 is 1.39 bits per heavy atom. The minimum absolute atomic E-state index is 0.0817. The van der Waals surface area contributed by atoms with Gasteiger partial charge in [-0.2, -0.15) is 0 Å². The van der Waals surface area contributed by atoms with Gasteiger partial charge in [0.2, 0.25) is 0 Å². The Labute approximate surface area is 105 Å². The van der Waals surface area contributed by atoms with Crippen LogP contribution < -0.4 is 9.47 Å². The molecule has 0 bridgehead atoms. The Bertz CT molecular complexity index is 472. The van der Waals surface area contributed by atoms with Crippen LogP contribution in [0.5, 0.6) is 11.5 Å². The zero-order valence-electron chi connectivity index (χ0n) is 10.1. The van der Waals surface area contributed by atoms with Crippen molar-refractivity contribution < 1.29 is 14.6 Å². The van der Waals surface area contributed by atoms with Crippen LogP contribution >= 0.6 is 0 Å². The molecule has 0 radical (unpaired) electrons. The van der Waals surface area contributed by atoms with Crippen molar-refractivity contribution in [2.45, 2.75) is 18.9 Å². The molecule has 1 N–H and O–H groups in total. The fourth-order valence-corrected chi connectivity index (χ4v) is 1.93. The number of fused-ring (bicyclic) bond motifs is 1. The average Bonchev–Trinajstić information content (AvgIpc) is 2.43. The first kappa shape index (κ1) is 12.5. The summed E-state index contributed by atoms with van der Waals surface area (Å²) in [5, 5.41) is 12.8. The van der Waals surface area contributed by atoms with E-state index in [0.717, 1.165) is 11.3 Å². The van der Waals surface area contributed by atoms with Crippen molar-refractivity contribution in [1.82, 2.24) is 0 Å². The van der Waals surface area contributed by atoms with Gasteiger partial charge in [0, 0.05) is 4.91 Å². The predicted molar refractivity (Wildman–Crippen MR) is 65.9 cm³/mol. The molecule has 0 aromatic heterocycles. The lowest BCUT2D eigenvalue weighted by Gasteiger charge is -2.22. The van der Waals surface area contributed by atoms with E-state index in [0.29, 0.717) is 19.0 Å². The molecule has 1 aromatic carbocycles. The summed E-state index contributed by atoms with van der Waals surface area (Å²) in [6, 6.07) is 5.13. The lowest BCUT2D eigenvalue weighted by atomic mass is 9.94. The van der Waals surface area contributed by atoms with Crippen LogP contribution in [-0.2, 0) is 0 Å². The first-order chi connectivity index (χ1) is 8.76.